The quantitative estimate of drug-likeness (QED) is 0.357. The van der Waals surface area contributed by atoms with Gasteiger partial charge in [-0.1, -0.05) is 34.6 Å². The smallest absolute Gasteiger partial charge is 0.309 e. The molecule has 4 aliphatic rings. The van der Waals surface area contributed by atoms with Crippen LogP contribution in [0.3, 0.4) is 0 Å². The molecule has 1 aliphatic heterocycles. The van der Waals surface area contributed by atoms with Crippen LogP contribution >= 0.6 is 0 Å². The molecule has 7 heteroatoms. The molecule has 0 radical (unpaired) electrons. The first-order chi connectivity index (χ1) is 16.4. The maximum Gasteiger partial charge on any atom is 0.309 e. The fourth-order valence-electron chi connectivity index (χ4n) is 9.21. The lowest BCUT2D eigenvalue weighted by atomic mass is 9.48. The number of hydrogen-bond acceptors (Lipinski definition) is 7. The lowest BCUT2D eigenvalue weighted by Crippen LogP contribution is -2.55. The van der Waals surface area contributed by atoms with Gasteiger partial charge in [0.1, 0.15) is 0 Å². The molecule has 7 nitrogen and oxygen atoms in total. The molecule has 4 fully saturated rings. The summed E-state index contributed by atoms with van der Waals surface area (Å²) in [6.45, 7) is 10.6. The summed E-state index contributed by atoms with van der Waals surface area (Å²) in [5, 5.41) is 52.7. The van der Waals surface area contributed by atoms with Crippen LogP contribution < -0.4 is 0 Å². The molecule has 0 aromatic heterocycles. The normalized spacial score (nSPS) is 47.1. The van der Waals surface area contributed by atoms with E-state index in [1.165, 1.54) is 0 Å². The van der Waals surface area contributed by atoms with Gasteiger partial charge in [0.05, 0.1) is 36.9 Å². The van der Waals surface area contributed by atoms with E-state index in [0.29, 0.717) is 18.9 Å². The Morgan fingerprint density at radius 3 is 2.26 bits per heavy atom. The largest absolute Gasteiger partial charge is 0.465 e. The van der Waals surface area contributed by atoms with Crippen LogP contribution in [0, 0.1) is 58.2 Å². The summed E-state index contributed by atoms with van der Waals surface area (Å²) in [5.41, 5.74) is -0.438. The van der Waals surface area contributed by atoms with Crippen LogP contribution in [-0.4, -0.2) is 69.1 Å². The topological polar surface area (TPSA) is 127 Å². The Morgan fingerprint density at radius 1 is 0.971 bits per heavy atom. The fraction of sp³-hybridized carbons (Fsp3) is 0.964. The van der Waals surface area contributed by atoms with E-state index >= 15 is 0 Å². The first kappa shape index (κ1) is 27.3. The zero-order valence-electron chi connectivity index (χ0n) is 22.1. The molecule has 3 saturated carbocycles. The molecule has 0 spiro atoms. The molecule has 13 atom stereocenters. The van der Waals surface area contributed by atoms with E-state index in [1.807, 2.05) is 20.8 Å². The van der Waals surface area contributed by atoms with Crippen molar-refractivity contribution in [2.24, 2.45) is 58.2 Å². The van der Waals surface area contributed by atoms with E-state index in [2.05, 4.69) is 13.8 Å². The van der Waals surface area contributed by atoms with Crippen LogP contribution in [0.4, 0.5) is 0 Å². The Bertz CT molecular complexity index is 772. The van der Waals surface area contributed by atoms with Crippen LogP contribution in [0.5, 0.6) is 0 Å². The standard InChI is InChI=1S/C28H48O7/c1-14(2)16(12-29)25(33)24(32)15(3)18-6-7-19-17-13-35-26(34)21-10-22(30)23(31)11-28(21,5)20(17)8-9-27(18,19)4/h14-25,29-33H,6-13H2,1-5H3/t15-,16+,17-,18+,19-,20-,21+,22-,23+,24+,25+,27+,28+/m0/s1. The van der Waals surface area contributed by atoms with E-state index in [4.69, 9.17) is 4.74 Å². The maximum atomic E-state index is 13.0. The van der Waals surface area contributed by atoms with Crippen LogP contribution in [0.15, 0.2) is 0 Å². The van der Waals surface area contributed by atoms with E-state index in [9.17, 15) is 30.3 Å². The van der Waals surface area contributed by atoms with Crippen LogP contribution in [0.2, 0.25) is 0 Å². The minimum atomic E-state index is -0.970. The van der Waals surface area contributed by atoms with Crippen molar-refractivity contribution in [3.05, 3.63) is 0 Å². The summed E-state index contributed by atoms with van der Waals surface area (Å²) in [7, 11) is 0. The van der Waals surface area contributed by atoms with Gasteiger partial charge in [0.25, 0.3) is 0 Å². The van der Waals surface area contributed by atoms with Gasteiger partial charge in [-0.3, -0.25) is 4.79 Å². The molecule has 0 aromatic carbocycles. The van der Waals surface area contributed by atoms with Crippen molar-refractivity contribution in [3.8, 4) is 0 Å². The number of aliphatic hydroxyl groups excluding tert-OH is 5. The number of carbonyl (C=O) groups is 1. The van der Waals surface area contributed by atoms with Gasteiger partial charge in [0.2, 0.25) is 0 Å². The van der Waals surface area contributed by atoms with Gasteiger partial charge >= 0.3 is 5.97 Å². The molecule has 3 aliphatic carbocycles. The number of cyclic esters (lactones) is 1. The van der Waals surface area contributed by atoms with Gasteiger partial charge in [0.15, 0.2) is 0 Å². The maximum absolute atomic E-state index is 13.0. The van der Waals surface area contributed by atoms with E-state index < -0.39 is 29.8 Å². The zero-order chi connectivity index (χ0) is 25.9. The van der Waals surface area contributed by atoms with Gasteiger partial charge in [0, 0.05) is 12.5 Å². The third-order valence-corrected chi connectivity index (χ3v) is 11.5. The first-order valence-corrected chi connectivity index (χ1v) is 13.9. The fourth-order valence-corrected chi connectivity index (χ4v) is 9.21. The molecule has 0 aromatic rings. The Morgan fingerprint density at radius 2 is 1.63 bits per heavy atom. The predicted molar refractivity (Wildman–Crippen MR) is 131 cm³/mol. The first-order valence-electron chi connectivity index (χ1n) is 13.9. The highest BCUT2D eigenvalue weighted by Gasteiger charge is 2.63. The zero-order valence-corrected chi connectivity index (χ0v) is 22.1. The number of aliphatic hydroxyl groups is 5. The van der Waals surface area contributed by atoms with E-state index in [0.717, 1.165) is 25.7 Å². The highest BCUT2D eigenvalue weighted by molar-refractivity contribution is 5.74. The lowest BCUT2D eigenvalue weighted by Gasteiger charge is -2.56. The molecule has 1 heterocycles. The van der Waals surface area contributed by atoms with Gasteiger partial charge in [-0.15, -0.1) is 0 Å². The average molecular weight is 497 g/mol. The molecule has 0 amide bonds. The second-order valence-corrected chi connectivity index (χ2v) is 13.3. The molecule has 35 heavy (non-hydrogen) atoms. The van der Waals surface area contributed by atoms with Crippen molar-refractivity contribution in [2.75, 3.05) is 13.2 Å². The molecule has 0 unspecified atom stereocenters. The number of fused-ring (bicyclic) bond motifs is 5. The number of rotatable bonds is 6. The lowest BCUT2D eigenvalue weighted by molar-refractivity contribution is -0.162. The molecule has 5 N–H and O–H groups in total. The Balaban J connectivity index is 1.57. The van der Waals surface area contributed by atoms with E-state index in [1.54, 1.807) is 0 Å². The van der Waals surface area contributed by atoms with Crippen molar-refractivity contribution in [2.45, 2.75) is 97.6 Å². The predicted octanol–water partition coefficient (Wildman–Crippen LogP) is 2.36. The summed E-state index contributed by atoms with van der Waals surface area (Å²) in [5.74, 6) is -0.0432. The van der Waals surface area contributed by atoms with Gasteiger partial charge in [-0.25, -0.2) is 0 Å². The SMILES string of the molecule is CC(C)[C@@H](CO)[C@@H](O)[C@H](O)[C@@H](C)[C@H]1CC[C@H]2[C@@H]3COC(=O)[C@H]4C[C@H](O)[C@H](O)C[C@]4(C)[C@H]3CC[C@]12C. The molecular weight excluding hydrogens is 448 g/mol. The van der Waals surface area contributed by atoms with Crippen molar-refractivity contribution in [3.63, 3.8) is 0 Å². The minimum absolute atomic E-state index is 0.0385. The summed E-state index contributed by atoms with van der Waals surface area (Å²) in [6, 6.07) is 0. The third kappa shape index (κ3) is 4.37. The van der Waals surface area contributed by atoms with Crippen LogP contribution in [-0.2, 0) is 9.53 Å². The Hall–Kier alpha value is -0.730. The molecule has 1 saturated heterocycles. The number of ether oxygens (including phenoxy) is 1. The average Bonchev–Trinajstić information content (AvgIpc) is 3.11. The number of esters is 1. The van der Waals surface area contributed by atoms with Crippen molar-refractivity contribution < 1.29 is 35.1 Å². The second-order valence-electron chi connectivity index (χ2n) is 13.3. The summed E-state index contributed by atoms with van der Waals surface area (Å²) < 4.78 is 5.85. The number of carbonyl (C=O) groups excluding carboxylic acids is 1. The van der Waals surface area contributed by atoms with Gasteiger partial charge in [-0.2, -0.15) is 0 Å². The van der Waals surface area contributed by atoms with Crippen LogP contribution in [0.1, 0.15) is 73.1 Å². The molecule has 202 valence electrons. The third-order valence-electron chi connectivity index (χ3n) is 11.5. The van der Waals surface area contributed by atoms with Crippen LogP contribution in [0.25, 0.3) is 0 Å². The number of hydrogen-bond donors (Lipinski definition) is 5. The Labute approximate surface area is 210 Å². The highest BCUT2D eigenvalue weighted by atomic mass is 16.5. The molecule has 4 rings (SSSR count). The van der Waals surface area contributed by atoms with Crippen molar-refractivity contribution >= 4 is 5.97 Å². The summed E-state index contributed by atoms with van der Waals surface area (Å²) >= 11 is 0. The monoisotopic (exact) mass is 496 g/mol. The van der Waals surface area contributed by atoms with Gasteiger partial charge < -0.3 is 30.3 Å². The second kappa shape index (κ2) is 9.86. The van der Waals surface area contributed by atoms with Crippen molar-refractivity contribution in [1.82, 2.24) is 0 Å². The molecule has 0 bridgehead atoms. The molecular formula is C28H48O7. The van der Waals surface area contributed by atoms with Gasteiger partial charge in [-0.05, 0) is 84.9 Å². The summed E-state index contributed by atoms with van der Waals surface area (Å²) in [6.07, 6.45) is 0.946. The summed E-state index contributed by atoms with van der Waals surface area (Å²) in [4.78, 5) is 13.0. The highest BCUT2D eigenvalue weighted by Crippen LogP contribution is 2.66. The van der Waals surface area contributed by atoms with Crippen molar-refractivity contribution in [1.29, 1.82) is 0 Å². The van der Waals surface area contributed by atoms with E-state index in [-0.39, 0.29) is 65.8 Å². The Kier molecular flexibility index (Phi) is 7.70. The minimum Gasteiger partial charge on any atom is -0.465 e.